The van der Waals surface area contributed by atoms with Crippen molar-refractivity contribution in [3.05, 3.63) is 78.0 Å². The Balaban J connectivity index is 1.53. The Hall–Kier alpha value is -3.74. The summed E-state index contributed by atoms with van der Waals surface area (Å²) >= 11 is 0. The molecule has 2 heterocycles. The first-order valence-electron chi connectivity index (χ1n) is 8.72. The lowest BCUT2D eigenvalue weighted by atomic mass is 10.1. The zero-order valence-electron chi connectivity index (χ0n) is 15.2. The minimum absolute atomic E-state index is 0.0105. The number of para-hydroxylation sites is 2. The number of nitrogens with zero attached hydrogens (tertiary/aromatic N) is 3. The summed E-state index contributed by atoms with van der Waals surface area (Å²) in [6, 6.07) is 16.8. The molecule has 2 amide bonds. The molecule has 2 aromatic carbocycles. The van der Waals surface area contributed by atoms with Crippen molar-refractivity contribution in [2.75, 3.05) is 18.6 Å². The maximum absolute atomic E-state index is 12.6. The van der Waals surface area contributed by atoms with Gasteiger partial charge < -0.3 is 14.1 Å². The second-order valence-corrected chi connectivity index (χ2v) is 6.27. The van der Waals surface area contributed by atoms with Crippen LogP contribution in [0.25, 0.3) is 0 Å². The Bertz CT molecular complexity index is 1060. The molecule has 7 nitrogen and oxygen atoms in total. The van der Waals surface area contributed by atoms with E-state index in [-0.39, 0.29) is 18.0 Å². The molecule has 0 saturated carbocycles. The van der Waals surface area contributed by atoms with E-state index in [1.54, 1.807) is 19.2 Å². The fraction of sp³-hybridized carbons (Fsp3) is 0.143. The Kier molecular flexibility index (Phi) is 4.72. The van der Waals surface area contributed by atoms with E-state index >= 15 is 0 Å². The van der Waals surface area contributed by atoms with Gasteiger partial charge in [-0.05, 0) is 17.7 Å². The van der Waals surface area contributed by atoms with Gasteiger partial charge in [0.15, 0.2) is 11.6 Å². The molecule has 4 rings (SSSR count). The molecule has 0 aliphatic carbocycles. The van der Waals surface area contributed by atoms with Gasteiger partial charge in [0.2, 0.25) is 0 Å². The zero-order chi connectivity index (χ0) is 19.5. The van der Waals surface area contributed by atoms with E-state index in [9.17, 15) is 9.59 Å². The topological polar surface area (TPSA) is 85.0 Å². The lowest BCUT2D eigenvalue weighted by Crippen LogP contribution is -2.34. The lowest BCUT2D eigenvalue weighted by molar-refractivity contribution is -0.112. The maximum atomic E-state index is 12.6. The van der Waals surface area contributed by atoms with Gasteiger partial charge in [0.25, 0.3) is 11.8 Å². The van der Waals surface area contributed by atoms with E-state index in [4.69, 9.17) is 9.15 Å². The predicted octanol–water partition coefficient (Wildman–Crippen LogP) is 2.90. The van der Waals surface area contributed by atoms with Gasteiger partial charge >= 0.3 is 0 Å². The highest BCUT2D eigenvalue weighted by molar-refractivity contribution is 6.46. The molecule has 140 valence electrons. The number of carbonyl (C=O) groups is 2. The molecule has 0 N–H and O–H groups in total. The number of ether oxygens (including phenoxy) is 1. The quantitative estimate of drug-likeness (QED) is 0.703. The monoisotopic (exact) mass is 375 g/mol. The van der Waals surface area contributed by atoms with Crippen LogP contribution in [0.3, 0.4) is 0 Å². The van der Waals surface area contributed by atoms with Crippen LogP contribution in [-0.4, -0.2) is 36.2 Å². The Morgan fingerprint density at radius 1 is 1.14 bits per heavy atom. The molecule has 0 radical (unpaired) electrons. The van der Waals surface area contributed by atoms with E-state index in [0.29, 0.717) is 23.7 Å². The first-order chi connectivity index (χ1) is 13.6. The van der Waals surface area contributed by atoms with Gasteiger partial charge in [0.1, 0.15) is 24.3 Å². The SMILES string of the molecule is CN1C(=O)C(=NC(=O)c2coc(Cc3ccccc3)n2)COc2ccccc21. The molecule has 0 unspecified atom stereocenters. The lowest BCUT2D eigenvalue weighted by Gasteiger charge is -2.15. The molecular weight excluding hydrogens is 358 g/mol. The van der Waals surface area contributed by atoms with E-state index in [0.717, 1.165) is 5.56 Å². The molecule has 3 aromatic rings. The Labute approximate surface area is 161 Å². The second kappa shape index (κ2) is 7.48. The number of oxazole rings is 1. The van der Waals surface area contributed by atoms with Crippen molar-refractivity contribution in [3.63, 3.8) is 0 Å². The van der Waals surface area contributed by atoms with Gasteiger partial charge in [-0.3, -0.25) is 9.59 Å². The first kappa shape index (κ1) is 17.7. The van der Waals surface area contributed by atoms with Gasteiger partial charge in [-0.2, -0.15) is 0 Å². The predicted molar refractivity (Wildman–Crippen MR) is 103 cm³/mol. The van der Waals surface area contributed by atoms with Crippen LogP contribution in [0.4, 0.5) is 5.69 Å². The summed E-state index contributed by atoms with van der Waals surface area (Å²) in [4.78, 5) is 34.7. The average Bonchev–Trinajstić information content (AvgIpc) is 3.15. The van der Waals surface area contributed by atoms with Crippen LogP contribution >= 0.6 is 0 Å². The molecule has 28 heavy (non-hydrogen) atoms. The summed E-state index contributed by atoms with van der Waals surface area (Å²) in [6.07, 6.45) is 1.72. The number of fused-ring (bicyclic) bond motifs is 1. The van der Waals surface area contributed by atoms with Crippen molar-refractivity contribution >= 4 is 23.2 Å². The van der Waals surface area contributed by atoms with Crippen LogP contribution in [0.1, 0.15) is 21.9 Å². The molecule has 0 bridgehead atoms. The first-order valence-corrected chi connectivity index (χ1v) is 8.72. The highest BCUT2D eigenvalue weighted by Crippen LogP contribution is 2.29. The number of rotatable bonds is 3. The number of hydrogen-bond donors (Lipinski definition) is 0. The van der Waals surface area contributed by atoms with Gasteiger partial charge in [-0.1, -0.05) is 42.5 Å². The summed E-state index contributed by atoms with van der Waals surface area (Å²) in [7, 11) is 1.61. The number of amides is 2. The second-order valence-electron chi connectivity index (χ2n) is 6.27. The molecular formula is C21H17N3O4. The van der Waals surface area contributed by atoms with E-state index < -0.39 is 11.8 Å². The summed E-state index contributed by atoms with van der Waals surface area (Å²) < 4.78 is 11.0. The van der Waals surface area contributed by atoms with Crippen LogP contribution in [0.15, 0.2) is 70.3 Å². The highest BCUT2D eigenvalue weighted by atomic mass is 16.5. The fourth-order valence-electron chi connectivity index (χ4n) is 2.89. The van der Waals surface area contributed by atoms with Gasteiger partial charge in [0.05, 0.1) is 5.69 Å². The van der Waals surface area contributed by atoms with Gasteiger partial charge in [0, 0.05) is 13.5 Å². The smallest absolute Gasteiger partial charge is 0.299 e. The molecule has 0 atom stereocenters. The normalized spacial score (nSPS) is 15.1. The number of anilines is 1. The van der Waals surface area contributed by atoms with E-state index in [1.807, 2.05) is 42.5 Å². The number of benzene rings is 2. The third-order valence-electron chi connectivity index (χ3n) is 4.35. The van der Waals surface area contributed by atoms with Crippen molar-refractivity contribution in [2.24, 2.45) is 4.99 Å². The summed E-state index contributed by atoms with van der Waals surface area (Å²) in [5.74, 6) is -0.0778. The standard InChI is InChI=1S/C21H17N3O4/c1-24-17-9-5-6-10-18(17)27-13-16(21(24)26)23-20(25)15-12-28-19(22-15)11-14-7-3-2-4-8-14/h2-10,12H,11,13H2,1H3. The summed E-state index contributed by atoms with van der Waals surface area (Å²) in [5.41, 5.74) is 1.70. The maximum Gasteiger partial charge on any atom is 0.299 e. The Morgan fingerprint density at radius 2 is 1.89 bits per heavy atom. The van der Waals surface area contributed by atoms with Gasteiger partial charge in [-0.25, -0.2) is 9.98 Å². The van der Waals surface area contributed by atoms with Crippen LogP contribution in [0.2, 0.25) is 0 Å². The van der Waals surface area contributed by atoms with Crippen molar-refractivity contribution < 1.29 is 18.7 Å². The molecule has 7 heteroatoms. The number of aromatic nitrogens is 1. The van der Waals surface area contributed by atoms with Crippen molar-refractivity contribution in [1.29, 1.82) is 0 Å². The third kappa shape index (κ3) is 3.55. The molecule has 0 spiro atoms. The summed E-state index contributed by atoms with van der Waals surface area (Å²) in [5, 5.41) is 0. The zero-order valence-corrected chi connectivity index (χ0v) is 15.2. The summed E-state index contributed by atoms with van der Waals surface area (Å²) in [6.45, 7) is -0.0966. The largest absolute Gasteiger partial charge is 0.485 e. The molecule has 1 aliphatic heterocycles. The third-order valence-corrected chi connectivity index (χ3v) is 4.35. The molecule has 1 aromatic heterocycles. The van der Waals surface area contributed by atoms with Crippen LogP contribution in [-0.2, 0) is 11.2 Å². The van der Waals surface area contributed by atoms with Crippen LogP contribution in [0.5, 0.6) is 5.75 Å². The van der Waals surface area contributed by atoms with E-state index in [2.05, 4.69) is 9.98 Å². The fourth-order valence-corrected chi connectivity index (χ4v) is 2.89. The number of aliphatic imine (C=N–C) groups is 1. The Morgan fingerprint density at radius 3 is 2.71 bits per heavy atom. The number of hydrogen-bond acceptors (Lipinski definition) is 5. The average molecular weight is 375 g/mol. The van der Waals surface area contributed by atoms with Crippen molar-refractivity contribution in [1.82, 2.24) is 4.98 Å². The number of carbonyl (C=O) groups excluding carboxylic acids is 2. The molecule has 0 fully saturated rings. The van der Waals surface area contributed by atoms with Crippen molar-refractivity contribution in [2.45, 2.75) is 6.42 Å². The molecule has 1 aliphatic rings. The minimum atomic E-state index is -0.644. The van der Waals surface area contributed by atoms with Gasteiger partial charge in [-0.15, -0.1) is 0 Å². The van der Waals surface area contributed by atoms with Crippen molar-refractivity contribution in [3.8, 4) is 5.75 Å². The van der Waals surface area contributed by atoms with E-state index in [1.165, 1.54) is 11.2 Å². The minimum Gasteiger partial charge on any atom is -0.485 e. The molecule has 0 saturated heterocycles. The van der Waals surface area contributed by atoms with Crippen LogP contribution < -0.4 is 9.64 Å². The highest BCUT2D eigenvalue weighted by Gasteiger charge is 2.26. The van der Waals surface area contributed by atoms with Crippen LogP contribution in [0, 0.1) is 0 Å².